The first kappa shape index (κ1) is 12.2. The van der Waals surface area contributed by atoms with Gasteiger partial charge in [0.25, 0.3) is 10.2 Å². The van der Waals surface area contributed by atoms with Crippen LogP contribution in [0.2, 0.25) is 0 Å². The molecule has 1 aromatic rings. The number of rotatable bonds is 4. The smallest absolute Gasteiger partial charge is 0.195 e. The molecule has 15 heavy (non-hydrogen) atoms. The van der Waals surface area contributed by atoms with E-state index >= 15 is 0 Å². The minimum Gasteiger partial charge on any atom is -0.195 e. The number of hydrogen-bond acceptors (Lipinski definition) is 2. The molecule has 84 valence electrons. The van der Waals surface area contributed by atoms with Gasteiger partial charge in [-0.2, -0.15) is 17.4 Å². The number of hydrogen-bond donors (Lipinski definition) is 1. The van der Waals surface area contributed by atoms with E-state index in [0.717, 1.165) is 9.87 Å². The maximum Gasteiger partial charge on any atom is 0.279 e. The van der Waals surface area contributed by atoms with Crippen molar-refractivity contribution >= 4 is 10.2 Å². The van der Waals surface area contributed by atoms with E-state index in [0.29, 0.717) is 0 Å². The molecule has 1 rings (SSSR count). The Labute approximate surface area is 91.1 Å². The van der Waals surface area contributed by atoms with Gasteiger partial charge in [-0.3, -0.25) is 0 Å². The zero-order chi connectivity index (χ0) is 11.5. The lowest BCUT2D eigenvalue weighted by Gasteiger charge is -2.17. The molecule has 0 aliphatic heterocycles. The highest BCUT2D eigenvalue weighted by Gasteiger charge is 2.17. The molecular formula is C10H16N2O2S. The van der Waals surface area contributed by atoms with Crippen LogP contribution in [0.3, 0.4) is 0 Å². The summed E-state index contributed by atoms with van der Waals surface area (Å²) < 4.78 is 26.8. The van der Waals surface area contributed by atoms with E-state index < -0.39 is 10.2 Å². The summed E-state index contributed by atoms with van der Waals surface area (Å²) in [6.07, 6.45) is 0. The summed E-state index contributed by atoms with van der Waals surface area (Å²) >= 11 is 0. The Morgan fingerprint density at radius 3 is 2.20 bits per heavy atom. The largest absolute Gasteiger partial charge is 0.279 e. The van der Waals surface area contributed by atoms with Crippen molar-refractivity contribution in [3.05, 3.63) is 35.9 Å². The Morgan fingerprint density at radius 1 is 1.20 bits per heavy atom. The minimum absolute atomic E-state index is 0.224. The fraction of sp³-hybridized carbons (Fsp3) is 0.400. The van der Waals surface area contributed by atoms with Crippen LogP contribution in [-0.4, -0.2) is 26.8 Å². The third-order valence-electron chi connectivity index (χ3n) is 2.11. The van der Waals surface area contributed by atoms with E-state index in [2.05, 4.69) is 4.72 Å². The van der Waals surface area contributed by atoms with Crippen molar-refractivity contribution < 1.29 is 8.42 Å². The van der Waals surface area contributed by atoms with E-state index in [4.69, 9.17) is 0 Å². The molecule has 0 saturated carbocycles. The average molecular weight is 228 g/mol. The van der Waals surface area contributed by atoms with Crippen LogP contribution in [0.15, 0.2) is 30.3 Å². The third-order valence-corrected chi connectivity index (χ3v) is 3.72. The summed E-state index contributed by atoms with van der Waals surface area (Å²) in [7, 11) is -0.362. The molecule has 0 radical (unpaired) electrons. The topological polar surface area (TPSA) is 49.4 Å². The average Bonchev–Trinajstić information content (AvgIpc) is 2.18. The van der Waals surface area contributed by atoms with Crippen molar-refractivity contribution in [1.29, 1.82) is 0 Å². The second-order valence-electron chi connectivity index (χ2n) is 3.54. The highest BCUT2D eigenvalue weighted by molar-refractivity contribution is 7.87. The van der Waals surface area contributed by atoms with Crippen molar-refractivity contribution in [3.63, 3.8) is 0 Å². The van der Waals surface area contributed by atoms with Crippen molar-refractivity contribution in [1.82, 2.24) is 9.03 Å². The summed E-state index contributed by atoms with van der Waals surface area (Å²) in [4.78, 5) is 0. The predicted molar refractivity (Wildman–Crippen MR) is 60.6 cm³/mol. The van der Waals surface area contributed by atoms with Crippen LogP contribution < -0.4 is 4.72 Å². The molecule has 0 fully saturated rings. The summed E-state index contributed by atoms with van der Waals surface area (Å²) in [5.74, 6) is 0. The molecule has 1 N–H and O–H groups in total. The van der Waals surface area contributed by atoms with Crippen molar-refractivity contribution in [2.75, 3.05) is 14.1 Å². The Hall–Kier alpha value is -0.910. The van der Waals surface area contributed by atoms with E-state index in [9.17, 15) is 8.42 Å². The van der Waals surface area contributed by atoms with Crippen molar-refractivity contribution in [2.45, 2.75) is 13.0 Å². The van der Waals surface area contributed by atoms with E-state index in [1.54, 1.807) is 0 Å². The minimum atomic E-state index is -3.36. The molecule has 0 heterocycles. The fourth-order valence-corrected chi connectivity index (χ4v) is 1.93. The Morgan fingerprint density at radius 2 is 1.73 bits per heavy atom. The van der Waals surface area contributed by atoms with E-state index in [-0.39, 0.29) is 6.04 Å². The summed E-state index contributed by atoms with van der Waals surface area (Å²) in [5.41, 5.74) is 0.947. The molecule has 0 aliphatic rings. The second-order valence-corrected chi connectivity index (χ2v) is 5.45. The lowest BCUT2D eigenvalue weighted by Crippen LogP contribution is -2.37. The predicted octanol–water partition coefficient (Wildman–Crippen LogP) is 1.14. The maximum atomic E-state index is 11.5. The normalized spacial score (nSPS) is 14.1. The molecule has 0 amide bonds. The van der Waals surface area contributed by atoms with Crippen LogP contribution in [0.1, 0.15) is 18.5 Å². The zero-order valence-electron chi connectivity index (χ0n) is 9.14. The molecule has 0 spiro atoms. The van der Waals surface area contributed by atoms with Crippen LogP contribution in [0, 0.1) is 0 Å². The van der Waals surface area contributed by atoms with Crippen LogP contribution >= 0.6 is 0 Å². The first-order valence-electron chi connectivity index (χ1n) is 4.68. The first-order valence-corrected chi connectivity index (χ1v) is 6.12. The maximum absolute atomic E-state index is 11.5. The van der Waals surface area contributed by atoms with E-state index in [1.165, 1.54) is 14.1 Å². The van der Waals surface area contributed by atoms with Crippen LogP contribution in [0.5, 0.6) is 0 Å². The first-order chi connectivity index (χ1) is 6.93. The fourth-order valence-electron chi connectivity index (χ4n) is 1.14. The second kappa shape index (κ2) is 4.74. The zero-order valence-corrected chi connectivity index (χ0v) is 9.95. The van der Waals surface area contributed by atoms with Gasteiger partial charge in [0.1, 0.15) is 0 Å². The summed E-state index contributed by atoms with van der Waals surface area (Å²) in [5, 5.41) is 0. The molecule has 1 atom stereocenters. The lowest BCUT2D eigenvalue weighted by atomic mass is 10.1. The van der Waals surface area contributed by atoms with Gasteiger partial charge >= 0.3 is 0 Å². The van der Waals surface area contributed by atoms with Crippen molar-refractivity contribution in [2.24, 2.45) is 0 Å². The van der Waals surface area contributed by atoms with Crippen LogP contribution in [0.4, 0.5) is 0 Å². The highest BCUT2D eigenvalue weighted by atomic mass is 32.2. The molecule has 0 aliphatic carbocycles. The quantitative estimate of drug-likeness (QED) is 0.840. The molecule has 1 aromatic carbocycles. The standard InChI is InChI=1S/C10H16N2O2S/c1-9(10-7-5-4-6-8-10)11-15(13,14)12(2)3/h4-9,11H,1-3H3. The van der Waals surface area contributed by atoms with Gasteiger partial charge in [0.15, 0.2) is 0 Å². The molecule has 4 nitrogen and oxygen atoms in total. The van der Waals surface area contributed by atoms with Gasteiger partial charge in [-0.25, -0.2) is 0 Å². The van der Waals surface area contributed by atoms with E-state index in [1.807, 2.05) is 37.3 Å². The SMILES string of the molecule is CC(NS(=O)(=O)N(C)C)c1ccccc1. The van der Waals surface area contributed by atoms with Gasteiger partial charge in [0, 0.05) is 20.1 Å². The van der Waals surface area contributed by atoms with Crippen LogP contribution in [-0.2, 0) is 10.2 Å². The monoisotopic (exact) mass is 228 g/mol. The molecule has 0 aromatic heterocycles. The number of nitrogens with zero attached hydrogens (tertiary/aromatic N) is 1. The molecule has 0 saturated heterocycles. The van der Waals surface area contributed by atoms with Gasteiger partial charge in [0.2, 0.25) is 0 Å². The Kier molecular flexibility index (Phi) is 3.84. The molecule has 1 unspecified atom stereocenters. The van der Waals surface area contributed by atoms with Gasteiger partial charge in [-0.15, -0.1) is 0 Å². The number of benzene rings is 1. The Balaban J connectivity index is 2.77. The molecular weight excluding hydrogens is 212 g/mol. The van der Waals surface area contributed by atoms with Gasteiger partial charge in [-0.1, -0.05) is 30.3 Å². The Bertz CT molecular complexity index is 401. The van der Waals surface area contributed by atoms with Crippen LogP contribution in [0.25, 0.3) is 0 Å². The molecule has 5 heteroatoms. The summed E-state index contributed by atoms with van der Waals surface area (Å²) in [6, 6.07) is 9.23. The van der Waals surface area contributed by atoms with Gasteiger partial charge in [-0.05, 0) is 12.5 Å². The summed E-state index contributed by atoms with van der Waals surface area (Å²) in [6.45, 7) is 1.82. The molecule has 0 bridgehead atoms. The highest BCUT2D eigenvalue weighted by Crippen LogP contribution is 2.12. The van der Waals surface area contributed by atoms with Gasteiger partial charge < -0.3 is 0 Å². The lowest BCUT2D eigenvalue weighted by molar-refractivity contribution is 0.494. The number of nitrogens with one attached hydrogen (secondary N) is 1. The third kappa shape index (κ3) is 3.30. The van der Waals surface area contributed by atoms with Crippen molar-refractivity contribution in [3.8, 4) is 0 Å². The van der Waals surface area contributed by atoms with Gasteiger partial charge in [0.05, 0.1) is 0 Å².